The summed E-state index contributed by atoms with van der Waals surface area (Å²) in [7, 11) is 1.73. The minimum atomic E-state index is -0.870. The van der Waals surface area contributed by atoms with Crippen LogP contribution in [0, 0.1) is 5.92 Å². The third kappa shape index (κ3) is 3.12. The van der Waals surface area contributed by atoms with Gasteiger partial charge in [0.1, 0.15) is 4.88 Å². The molecule has 1 N–H and O–H groups in total. The topological polar surface area (TPSA) is 62.7 Å². The van der Waals surface area contributed by atoms with E-state index in [0.717, 1.165) is 37.5 Å². The largest absolute Gasteiger partial charge is 0.477 e. The summed E-state index contributed by atoms with van der Waals surface area (Å²) in [4.78, 5) is 18.4. The van der Waals surface area contributed by atoms with Gasteiger partial charge in [-0.3, -0.25) is 0 Å². The maximum absolute atomic E-state index is 11.3. The van der Waals surface area contributed by atoms with E-state index in [1.54, 1.807) is 7.11 Å². The molecule has 1 saturated heterocycles. The maximum Gasteiger partial charge on any atom is 0.347 e. The minimum absolute atomic E-state index is 0.190. The molecule has 0 bridgehead atoms. The van der Waals surface area contributed by atoms with Crippen LogP contribution in [0.5, 0.6) is 0 Å². The maximum atomic E-state index is 11.3. The highest BCUT2D eigenvalue weighted by Gasteiger charge is 2.29. The van der Waals surface area contributed by atoms with Crippen molar-refractivity contribution in [2.24, 2.45) is 5.92 Å². The van der Waals surface area contributed by atoms with E-state index < -0.39 is 5.97 Å². The lowest BCUT2D eigenvalue weighted by molar-refractivity contribution is 0.0498. The molecule has 0 aliphatic carbocycles. The van der Waals surface area contributed by atoms with Gasteiger partial charge in [-0.1, -0.05) is 31.6 Å². The fourth-order valence-electron chi connectivity index (χ4n) is 2.56. The predicted octanol–water partition coefficient (Wildman–Crippen LogP) is 2.66. The number of thiazole rings is 1. The van der Waals surface area contributed by atoms with E-state index in [1.807, 2.05) is 6.92 Å². The minimum Gasteiger partial charge on any atom is -0.477 e. The first-order chi connectivity index (χ1) is 9.56. The van der Waals surface area contributed by atoms with E-state index in [4.69, 9.17) is 4.74 Å². The number of hydrogen-bond donors (Lipinski definition) is 1. The van der Waals surface area contributed by atoms with Crippen molar-refractivity contribution in [3.63, 3.8) is 0 Å². The zero-order valence-electron chi connectivity index (χ0n) is 12.3. The van der Waals surface area contributed by atoms with Crippen LogP contribution in [-0.2, 0) is 11.2 Å². The summed E-state index contributed by atoms with van der Waals surface area (Å²) < 4.78 is 5.51. The van der Waals surface area contributed by atoms with Crippen LogP contribution in [-0.4, -0.2) is 42.4 Å². The Balaban J connectivity index is 2.20. The number of nitrogens with zero attached hydrogens (tertiary/aromatic N) is 2. The summed E-state index contributed by atoms with van der Waals surface area (Å²) in [6.07, 6.45) is 2.86. The predicted molar refractivity (Wildman–Crippen MR) is 79.9 cm³/mol. The lowest BCUT2D eigenvalue weighted by Gasteiger charge is -2.36. The first kappa shape index (κ1) is 15.3. The Bertz CT molecular complexity index is 475. The van der Waals surface area contributed by atoms with Crippen molar-refractivity contribution in [2.45, 2.75) is 39.2 Å². The fourth-order valence-corrected chi connectivity index (χ4v) is 3.55. The number of aryl methyl sites for hydroxylation is 1. The van der Waals surface area contributed by atoms with Crippen molar-refractivity contribution >= 4 is 22.4 Å². The van der Waals surface area contributed by atoms with Crippen molar-refractivity contribution in [3.8, 4) is 0 Å². The van der Waals surface area contributed by atoms with Crippen molar-refractivity contribution in [1.29, 1.82) is 0 Å². The molecule has 6 heteroatoms. The van der Waals surface area contributed by atoms with E-state index in [1.165, 1.54) is 11.3 Å². The van der Waals surface area contributed by atoms with Crippen molar-refractivity contribution < 1.29 is 14.6 Å². The Labute approximate surface area is 123 Å². The number of ether oxygens (including phenoxy) is 1. The second-order valence-electron chi connectivity index (χ2n) is 5.31. The van der Waals surface area contributed by atoms with Crippen LogP contribution in [0.1, 0.15) is 42.1 Å². The van der Waals surface area contributed by atoms with Gasteiger partial charge in [0, 0.05) is 20.2 Å². The quantitative estimate of drug-likeness (QED) is 0.905. The van der Waals surface area contributed by atoms with Gasteiger partial charge in [0.15, 0.2) is 5.13 Å². The first-order valence-corrected chi connectivity index (χ1v) is 7.89. The Morgan fingerprint density at radius 1 is 1.60 bits per heavy atom. The molecular formula is C14H22N2O3S. The Morgan fingerprint density at radius 2 is 2.35 bits per heavy atom. The molecule has 0 saturated carbocycles. The summed E-state index contributed by atoms with van der Waals surface area (Å²) in [6.45, 7) is 5.93. The Morgan fingerprint density at radius 3 is 2.95 bits per heavy atom. The number of piperidine rings is 1. The fraction of sp³-hybridized carbons (Fsp3) is 0.714. The van der Waals surface area contributed by atoms with Gasteiger partial charge in [-0.25, -0.2) is 9.78 Å². The highest BCUT2D eigenvalue weighted by atomic mass is 32.1. The number of carbonyl (C=O) groups is 1. The molecule has 0 aromatic carbocycles. The molecule has 1 aliphatic heterocycles. The van der Waals surface area contributed by atoms with Gasteiger partial charge in [-0.05, 0) is 18.8 Å². The van der Waals surface area contributed by atoms with Crippen LogP contribution in [0.2, 0.25) is 0 Å². The molecule has 1 fully saturated rings. The SMILES string of the molecule is CCCc1nc(N2CCC(C)C(OC)C2)sc1C(=O)O. The normalized spacial score (nSPS) is 23.1. The molecule has 2 heterocycles. The number of carboxylic acids is 1. The average Bonchev–Trinajstić information content (AvgIpc) is 2.84. The number of rotatable bonds is 5. The standard InChI is InChI=1S/C14H22N2O3S/c1-4-5-10-12(13(17)18)20-14(15-10)16-7-6-9(2)11(8-16)19-3/h9,11H,4-8H2,1-3H3,(H,17,18). The molecule has 1 aliphatic rings. The van der Waals surface area contributed by atoms with Crippen molar-refractivity contribution in [2.75, 3.05) is 25.1 Å². The molecule has 0 radical (unpaired) electrons. The van der Waals surface area contributed by atoms with Crippen LogP contribution in [0.3, 0.4) is 0 Å². The molecular weight excluding hydrogens is 276 g/mol. The lowest BCUT2D eigenvalue weighted by Crippen LogP contribution is -2.43. The lowest BCUT2D eigenvalue weighted by atomic mass is 9.96. The number of anilines is 1. The van der Waals surface area contributed by atoms with Gasteiger partial charge >= 0.3 is 5.97 Å². The number of hydrogen-bond acceptors (Lipinski definition) is 5. The highest BCUT2D eigenvalue weighted by molar-refractivity contribution is 7.17. The molecule has 1 aromatic rings. The summed E-state index contributed by atoms with van der Waals surface area (Å²) in [5.41, 5.74) is 0.715. The van der Waals surface area contributed by atoms with Crippen LogP contribution in [0.4, 0.5) is 5.13 Å². The van der Waals surface area contributed by atoms with Crippen LogP contribution >= 0.6 is 11.3 Å². The molecule has 2 unspecified atom stereocenters. The van der Waals surface area contributed by atoms with Gasteiger partial charge in [0.2, 0.25) is 0 Å². The van der Waals surface area contributed by atoms with Gasteiger partial charge in [0.05, 0.1) is 11.8 Å². The molecule has 2 atom stereocenters. The zero-order chi connectivity index (χ0) is 14.7. The third-order valence-corrected chi connectivity index (χ3v) is 4.98. The number of methoxy groups -OCH3 is 1. The van der Waals surface area contributed by atoms with Crippen LogP contribution < -0.4 is 4.90 Å². The molecule has 0 spiro atoms. The summed E-state index contributed by atoms with van der Waals surface area (Å²) in [6, 6.07) is 0. The highest BCUT2D eigenvalue weighted by Crippen LogP contribution is 2.31. The molecule has 112 valence electrons. The molecule has 1 aromatic heterocycles. The summed E-state index contributed by atoms with van der Waals surface area (Å²) >= 11 is 1.29. The second kappa shape index (κ2) is 6.54. The number of aromatic nitrogens is 1. The number of carboxylic acid groups (broad SMARTS) is 1. The van der Waals surface area contributed by atoms with Crippen molar-refractivity contribution in [1.82, 2.24) is 4.98 Å². The van der Waals surface area contributed by atoms with Crippen molar-refractivity contribution in [3.05, 3.63) is 10.6 Å². The molecule has 5 nitrogen and oxygen atoms in total. The molecule has 2 rings (SSSR count). The van der Waals surface area contributed by atoms with Gasteiger partial charge in [-0.2, -0.15) is 0 Å². The van der Waals surface area contributed by atoms with Gasteiger partial charge < -0.3 is 14.7 Å². The Hall–Kier alpha value is -1.14. The van der Waals surface area contributed by atoms with E-state index in [9.17, 15) is 9.90 Å². The van der Waals surface area contributed by atoms with E-state index in [2.05, 4.69) is 16.8 Å². The van der Waals surface area contributed by atoms with E-state index >= 15 is 0 Å². The first-order valence-electron chi connectivity index (χ1n) is 7.07. The molecule has 20 heavy (non-hydrogen) atoms. The smallest absolute Gasteiger partial charge is 0.347 e. The third-order valence-electron chi connectivity index (χ3n) is 3.83. The number of aromatic carboxylic acids is 1. The monoisotopic (exact) mass is 298 g/mol. The molecule has 0 amide bonds. The Kier molecular flexibility index (Phi) is 4.99. The summed E-state index contributed by atoms with van der Waals surface area (Å²) in [5.74, 6) is -0.337. The van der Waals surface area contributed by atoms with Crippen LogP contribution in [0.15, 0.2) is 0 Å². The van der Waals surface area contributed by atoms with E-state index in [0.29, 0.717) is 16.5 Å². The average molecular weight is 298 g/mol. The van der Waals surface area contributed by atoms with Crippen LogP contribution in [0.25, 0.3) is 0 Å². The van der Waals surface area contributed by atoms with E-state index in [-0.39, 0.29) is 6.10 Å². The zero-order valence-corrected chi connectivity index (χ0v) is 13.1. The summed E-state index contributed by atoms with van der Waals surface area (Å²) in [5, 5.41) is 10.1. The van der Waals surface area contributed by atoms with Gasteiger partial charge in [0.25, 0.3) is 0 Å². The van der Waals surface area contributed by atoms with Gasteiger partial charge in [-0.15, -0.1) is 0 Å². The second-order valence-corrected chi connectivity index (χ2v) is 6.29.